The quantitative estimate of drug-likeness (QED) is 0.823. The van der Waals surface area contributed by atoms with Gasteiger partial charge >= 0.3 is 0 Å². The van der Waals surface area contributed by atoms with Gasteiger partial charge in [0.1, 0.15) is 0 Å². The fraction of sp³-hybridized carbons (Fsp3) is 0.583. The van der Waals surface area contributed by atoms with Crippen LogP contribution in [0.25, 0.3) is 0 Å². The number of piperidine rings is 1. The van der Waals surface area contributed by atoms with Crippen LogP contribution in [0.15, 0.2) is 13.6 Å². The third kappa shape index (κ3) is 3.56. The zero-order chi connectivity index (χ0) is 13.2. The highest BCUT2D eigenvalue weighted by Gasteiger charge is 2.27. The zero-order valence-corrected chi connectivity index (χ0v) is 14.2. The molecule has 1 amide bonds. The number of hydrogen-bond acceptors (Lipinski definition) is 3. The maximum Gasteiger partial charge on any atom is 0.253 e. The summed E-state index contributed by atoms with van der Waals surface area (Å²) in [5.41, 5.74) is 0.882. The molecule has 1 fully saturated rings. The maximum absolute atomic E-state index is 12.1. The fourth-order valence-corrected chi connectivity index (χ4v) is 4.95. The van der Waals surface area contributed by atoms with Crippen molar-refractivity contribution in [2.45, 2.75) is 19.8 Å². The summed E-state index contributed by atoms with van der Waals surface area (Å²) in [5, 5.41) is 6.43. The van der Waals surface area contributed by atoms with E-state index in [4.69, 9.17) is 0 Å². The minimum absolute atomic E-state index is 0.00405. The largest absolute Gasteiger partial charge is 0.351 e. The predicted molar refractivity (Wildman–Crippen MR) is 82.3 cm³/mol. The molecule has 0 aromatic carbocycles. The van der Waals surface area contributed by atoms with Gasteiger partial charge in [0.15, 0.2) is 0 Å². The van der Waals surface area contributed by atoms with Gasteiger partial charge in [-0.15, -0.1) is 11.3 Å². The Hall–Kier alpha value is 0.0900. The van der Waals surface area contributed by atoms with E-state index in [1.807, 2.05) is 6.07 Å². The Balaban J connectivity index is 1.94. The Morgan fingerprint density at radius 1 is 1.61 bits per heavy atom. The smallest absolute Gasteiger partial charge is 0.253 e. The zero-order valence-electron chi connectivity index (χ0n) is 10.2. The van der Waals surface area contributed by atoms with Gasteiger partial charge < -0.3 is 10.6 Å². The molecule has 6 heteroatoms. The van der Waals surface area contributed by atoms with Crippen LogP contribution >= 0.6 is 43.2 Å². The van der Waals surface area contributed by atoms with Crippen LogP contribution in [-0.2, 0) is 0 Å². The van der Waals surface area contributed by atoms with Crippen LogP contribution in [0.3, 0.4) is 0 Å². The fourth-order valence-electron chi connectivity index (χ4n) is 2.15. The van der Waals surface area contributed by atoms with Crippen LogP contribution in [0.4, 0.5) is 0 Å². The van der Waals surface area contributed by atoms with Gasteiger partial charge in [-0.2, -0.15) is 0 Å². The normalized spacial score (nSPS) is 23.9. The van der Waals surface area contributed by atoms with Gasteiger partial charge in [-0.25, -0.2) is 0 Å². The molecule has 0 aliphatic carbocycles. The van der Waals surface area contributed by atoms with Crippen LogP contribution in [0, 0.1) is 5.41 Å². The molecule has 1 aromatic heterocycles. The SMILES string of the molecule is CC1(CNC(=O)c2cc(Br)sc2Br)CCCNC1. The van der Waals surface area contributed by atoms with Crippen molar-refractivity contribution in [3.8, 4) is 0 Å². The highest BCUT2D eigenvalue weighted by Crippen LogP contribution is 2.32. The summed E-state index contributed by atoms with van der Waals surface area (Å²) in [7, 11) is 0. The first kappa shape index (κ1) is 14.5. The Labute approximate surface area is 128 Å². The van der Waals surface area contributed by atoms with Gasteiger partial charge in [-0.1, -0.05) is 6.92 Å². The van der Waals surface area contributed by atoms with Crippen molar-refractivity contribution in [2.24, 2.45) is 5.41 Å². The summed E-state index contributed by atoms with van der Waals surface area (Å²) in [6.45, 7) is 5.01. The van der Waals surface area contributed by atoms with E-state index >= 15 is 0 Å². The van der Waals surface area contributed by atoms with Crippen molar-refractivity contribution in [2.75, 3.05) is 19.6 Å². The first-order chi connectivity index (χ1) is 8.50. The van der Waals surface area contributed by atoms with Gasteiger partial charge in [-0.3, -0.25) is 4.79 Å². The molecule has 100 valence electrons. The van der Waals surface area contributed by atoms with Crippen molar-refractivity contribution in [3.63, 3.8) is 0 Å². The number of amides is 1. The van der Waals surface area contributed by atoms with E-state index in [2.05, 4.69) is 49.4 Å². The van der Waals surface area contributed by atoms with Gasteiger partial charge in [0, 0.05) is 13.1 Å². The molecule has 2 rings (SSSR count). The van der Waals surface area contributed by atoms with E-state index < -0.39 is 0 Å². The lowest BCUT2D eigenvalue weighted by Crippen LogP contribution is -2.45. The predicted octanol–water partition coefficient (Wildman–Crippen LogP) is 3.39. The molecule has 1 unspecified atom stereocenters. The minimum Gasteiger partial charge on any atom is -0.351 e. The number of halogens is 2. The lowest BCUT2D eigenvalue weighted by atomic mass is 9.83. The third-order valence-electron chi connectivity index (χ3n) is 3.26. The van der Waals surface area contributed by atoms with E-state index in [1.165, 1.54) is 17.8 Å². The average Bonchev–Trinajstić information content (AvgIpc) is 2.67. The Kier molecular flexibility index (Phi) is 4.86. The lowest BCUT2D eigenvalue weighted by molar-refractivity contribution is 0.0924. The minimum atomic E-state index is -0.00405. The number of thiophene rings is 1. The number of carbonyl (C=O) groups is 1. The van der Waals surface area contributed by atoms with E-state index in [0.29, 0.717) is 5.56 Å². The molecule has 2 heterocycles. The number of hydrogen-bond donors (Lipinski definition) is 2. The monoisotopic (exact) mass is 394 g/mol. The van der Waals surface area contributed by atoms with Crippen molar-refractivity contribution >= 4 is 49.1 Å². The van der Waals surface area contributed by atoms with Crippen molar-refractivity contribution in [1.29, 1.82) is 0 Å². The molecule has 0 radical (unpaired) electrons. The van der Waals surface area contributed by atoms with Crippen LogP contribution in [0.2, 0.25) is 0 Å². The first-order valence-electron chi connectivity index (χ1n) is 5.94. The van der Waals surface area contributed by atoms with Gasteiger partial charge in [0.2, 0.25) is 0 Å². The Morgan fingerprint density at radius 2 is 2.39 bits per heavy atom. The molecule has 18 heavy (non-hydrogen) atoms. The molecule has 0 saturated carbocycles. The van der Waals surface area contributed by atoms with E-state index in [1.54, 1.807) is 0 Å². The van der Waals surface area contributed by atoms with Gasteiger partial charge in [0.25, 0.3) is 5.91 Å². The van der Waals surface area contributed by atoms with E-state index in [0.717, 1.165) is 33.6 Å². The second-order valence-electron chi connectivity index (χ2n) is 5.01. The summed E-state index contributed by atoms with van der Waals surface area (Å²) in [6, 6.07) is 1.85. The summed E-state index contributed by atoms with van der Waals surface area (Å²) in [4.78, 5) is 12.1. The topological polar surface area (TPSA) is 41.1 Å². The molecule has 1 atom stereocenters. The molecule has 1 aliphatic heterocycles. The van der Waals surface area contributed by atoms with E-state index in [-0.39, 0.29) is 11.3 Å². The van der Waals surface area contributed by atoms with E-state index in [9.17, 15) is 4.79 Å². The van der Waals surface area contributed by atoms with Crippen molar-refractivity contribution in [3.05, 3.63) is 19.2 Å². The van der Waals surface area contributed by atoms with Crippen LogP contribution in [-0.4, -0.2) is 25.5 Å². The maximum atomic E-state index is 12.1. The summed E-state index contributed by atoms with van der Waals surface area (Å²) < 4.78 is 1.84. The van der Waals surface area contributed by atoms with Crippen LogP contribution in [0.5, 0.6) is 0 Å². The molecule has 1 aliphatic rings. The average molecular weight is 396 g/mol. The third-order valence-corrected chi connectivity index (χ3v) is 5.60. The van der Waals surface area contributed by atoms with Crippen molar-refractivity contribution < 1.29 is 4.79 Å². The highest BCUT2D eigenvalue weighted by molar-refractivity contribution is 9.12. The van der Waals surface area contributed by atoms with Gasteiger partial charge in [-0.05, 0) is 62.7 Å². The number of nitrogens with one attached hydrogen (secondary N) is 2. The summed E-state index contributed by atoms with van der Waals surface area (Å²) in [5.74, 6) is -0.00405. The number of carbonyl (C=O) groups excluding carboxylic acids is 1. The lowest BCUT2D eigenvalue weighted by Gasteiger charge is -2.34. The Bertz CT molecular complexity index is 441. The van der Waals surface area contributed by atoms with Crippen molar-refractivity contribution in [1.82, 2.24) is 10.6 Å². The molecular weight excluding hydrogens is 380 g/mol. The van der Waals surface area contributed by atoms with Crippen LogP contribution in [0.1, 0.15) is 30.1 Å². The van der Waals surface area contributed by atoms with Crippen LogP contribution < -0.4 is 10.6 Å². The summed E-state index contributed by atoms with van der Waals surface area (Å²) in [6.07, 6.45) is 2.34. The molecule has 1 aromatic rings. The highest BCUT2D eigenvalue weighted by atomic mass is 79.9. The molecular formula is C12H16Br2N2OS. The molecule has 0 bridgehead atoms. The molecule has 2 N–H and O–H groups in total. The molecule has 1 saturated heterocycles. The number of rotatable bonds is 3. The Morgan fingerprint density at radius 3 is 2.94 bits per heavy atom. The second kappa shape index (κ2) is 6.03. The molecule has 0 spiro atoms. The summed E-state index contributed by atoms with van der Waals surface area (Å²) >= 11 is 8.32. The first-order valence-corrected chi connectivity index (χ1v) is 8.34. The second-order valence-corrected chi connectivity index (χ2v) is 8.76. The standard InChI is InChI=1S/C12H16Br2N2OS/c1-12(3-2-4-15-6-12)7-16-11(17)8-5-9(13)18-10(8)14/h5,15H,2-4,6-7H2,1H3,(H,16,17). The van der Waals surface area contributed by atoms with Gasteiger partial charge in [0.05, 0.1) is 13.1 Å². The molecule has 3 nitrogen and oxygen atoms in total.